The van der Waals surface area contributed by atoms with Crippen LogP contribution >= 0.6 is 11.3 Å². The Morgan fingerprint density at radius 1 is 1.67 bits per heavy atom. The van der Waals surface area contributed by atoms with Gasteiger partial charge in [-0.3, -0.25) is 9.20 Å². The molecule has 1 N–H and O–H groups in total. The summed E-state index contributed by atoms with van der Waals surface area (Å²) in [7, 11) is 0. The fraction of sp³-hybridized carbons (Fsp3) is 0.400. The Bertz CT molecular complexity index is 464. The number of thiazole rings is 1. The van der Waals surface area contributed by atoms with E-state index in [1.807, 2.05) is 22.2 Å². The quantitative estimate of drug-likeness (QED) is 0.854. The van der Waals surface area contributed by atoms with Gasteiger partial charge in [-0.1, -0.05) is 0 Å². The number of imidazole rings is 1. The Kier molecular flexibility index (Phi) is 2.36. The zero-order valence-electron chi connectivity index (χ0n) is 8.60. The van der Waals surface area contributed by atoms with Gasteiger partial charge in [-0.25, -0.2) is 4.98 Å². The van der Waals surface area contributed by atoms with E-state index in [1.54, 1.807) is 0 Å². The van der Waals surface area contributed by atoms with Crippen LogP contribution in [0.3, 0.4) is 0 Å². The molecule has 0 aliphatic heterocycles. The molecule has 0 aliphatic rings. The van der Waals surface area contributed by atoms with Gasteiger partial charge in [0, 0.05) is 17.8 Å². The van der Waals surface area contributed by atoms with E-state index in [9.17, 15) is 9.90 Å². The second kappa shape index (κ2) is 3.43. The summed E-state index contributed by atoms with van der Waals surface area (Å²) >= 11 is 1.52. The van der Waals surface area contributed by atoms with Crippen LogP contribution in [-0.4, -0.2) is 25.9 Å². The average Bonchev–Trinajstić information content (AvgIpc) is 2.61. The first-order valence-corrected chi connectivity index (χ1v) is 5.51. The molecule has 0 amide bonds. The maximum Gasteiger partial charge on any atom is 0.193 e. The number of aliphatic hydroxyl groups is 1. The summed E-state index contributed by atoms with van der Waals surface area (Å²) in [5, 5.41) is 11.4. The highest BCUT2D eigenvalue weighted by molar-refractivity contribution is 7.15. The molecule has 2 aromatic heterocycles. The van der Waals surface area contributed by atoms with E-state index in [4.69, 9.17) is 0 Å². The first-order valence-electron chi connectivity index (χ1n) is 4.63. The molecule has 0 fully saturated rings. The second-order valence-corrected chi connectivity index (χ2v) is 4.86. The minimum atomic E-state index is -1.28. The Balaban J connectivity index is 2.20. The lowest BCUT2D eigenvalue weighted by atomic mass is 10.0. The number of hydrogen-bond donors (Lipinski definition) is 1. The largest absolute Gasteiger partial charge is 0.383 e. The van der Waals surface area contributed by atoms with Crippen LogP contribution in [0.2, 0.25) is 0 Å². The zero-order chi connectivity index (χ0) is 11.1. The monoisotopic (exact) mass is 224 g/mol. The van der Waals surface area contributed by atoms with Gasteiger partial charge in [0.05, 0.1) is 12.1 Å². The number of aromatic nitrogens is 2. The van der Waals surface area contributed by atoms with E-state index in [1.165, 1.54) is 25.2 Å². The lowest BCUT2D eigenvalue weighted by molar-refractivity contribution is -0.133. The van der Waals surface area contributed by atoms with Gasteiger partial charge in [0.2, 0.25) is 0 Å². The summed E-state index contributed by atoms with van der Waals surface area (Å²) in [6.45, 7) is 2.99. The Morgan fingerprint density at radius 2 is 2.40 bits per heavy atom. The lowest BCUT2D eigenvalue weighted by Crippen LogP contribution is -2.32. The maximum absolute atomic E-state index is 11.5. The van der Waals surface area contributed by atoms with Crippen LogP contribution in [0.1, 0.15) is 19.5 Å². The summed E-state index contributed by atoms with van der Waals surface area (Å²) in [4.78, 5) is 16.7. The third kappa shape index (κ3) is 2.08. The molecule has 0 saturated carbocycles. The van der Waals surface area contributed by atoms with Gasteiger partial charge in [-0.2, -0.15) is 0 Å². The fourth-order valence-corrected chi connectivity index (χ4v) is 1.96. The van der Waals surface area contributed by atoms with Gasteiger partial charge >= 0.3 is 0 Å². The van der Waals surface area contributed by atoms with Crippen LogP contribution < -0.4 is 0 Å². The molecule has 80 valence electrons. The molecule has 0 spiro atoms. The van der Waals surface area contributed by atoms with Crippen molar-refractivity contribution in [3.63, 3.8) is 0 Å². The molecular weight excluding hydrogens is 212 g/mol. The number of nitrogens with zero attached hydrogens (tertiary/aromatic N) is 2. The number of ketones is 1. The Hall–Kier alpha value is -1.20. The van der Waals surface area contributed by atoms with Crippen molar-refractivity contribution in [3.05, 3.63) is 23.5 Å². The molecule has 4 nitrogen and oxygen atoms in total. The first kappa shape index (κ1) is 10.3. The SMILES string of the molecule is CC(C)(O)C(=O)Cc1cn2ccsc2n1. The van der Waals surface area contributed by atoms with Gasteiger partial charge in [0.15, 0.2) is 10.7 Å². The molecule has 2 rings (SSSR count). The van der Waals surface area contributed by atoms with E-state index >= 15 is 0 Å². The topological polar surface area (TPSA) is 54.6 Å². The minimum absolute atomic E-state index is 0.178. The van der Waals surface area contributed by atoms with Gasteiger partial charge in [-0.05, 0) is 13.8 Å². The third-order valence-corrected chi connectivity index (χ3v) is 2.94. The standard InChI is InChI=1S/C10H12N2O2S/c1-10(2,14)8(13)5-7-6-12-3-4-15-9(12)11-7/h3-4,6,14H,5H2,1-2H3. The van der Waals surface area contributed by atoms with E-state index in [0.29, 0.717) is 5.69 Å². The van der Waals surface area contributed by atoms with Crippen LogP contribution in [0.5, 0.6) is 0 Å². The molecule has 0 bridgehead atoms. The van der Waals surface area contributed by atoms with E-state index in [-0.39, 0.29) is 12.2 Å². The minimum Gasteiger partial charge on any atom is -0.383 e. The molecule has 0 saturated heterocycles. The number of carbonyl (C=O) groups excluding carboxylic acids is 1. The summed E-state index contributed by atoms with van der Waals surface area (Å²) in [5.74, 6) is -0.215. The van der Waals surface area contributed by atoms with Crippen LogP contribution in [-0.2, 0) is 11.2 Å². The molecule has 0 radical (unpaired) electrons. The number of carbonyl (C=O) groups is 1. The van der Waals surface area contributed by atoms with E-state index < -0.39 is 5.60 Å². The highest BCUT2D eigenvalue weighted by Crippen LogP contribution is 2.14. The van der Waals surface area contributed by atoms with Crippen molar-refractivity contribution in [1.82, 2.24) is 9.38 Å². The molecular formula is C10H12N2O2S. The highest BCUT2D eigenvalue weighted by atomic mass is 32.1. The maximum atomic E-state index is 11.5. The normalized spacial score (nSPS) is 12.2. The summed E-state index contributed by atoms with van der Waals surface area (Å²) in [5.41, 5.74) is -0.578. The lowest BCUT2D eigenvalue weighted by Gasteiger charge is -2.13. The van der Waals surface area contributed by atoms with Crippen LogP contribution in [0.25, 0.3) is 4.96 Å². The fourth-order valence-electron chi connectivity index (χ4n) is 1.24. The predicted molar refractivity (Wildman–Crippen MR) is 58.1 cm³/mol. The van der Waals surface area contributed by atoms with E-state index in [2.05, 4.69) is 4.98 Å². The molecule has 2 heterocycles. The van der Waals surface area contributed by atoms with Crippen molar-refractivity contribution >= 4 is 22.1 Å². The van der Waals surface area contributed by atoms with E-state index in [0.717, 1.165) is 4.96 Å². The number of rotatable bonds is 3. The Morgan fingerprint density at radius 3 is 3.00 bits per heavy atom. The van der Waals surface area contributed by atoms with Crippen LogP contribution in [0.15, 0.2) is 17.8 Å². The molecule has 0 unspecified atom stereocenters. The van der Waals surface area contributed by atoms with Crippen molar-refractivity contribution < 1.29 is 9.90 Å². The first-order chi connectivity index (χ1) is 6.97. The van der Waals surface area contributed by atoms with Crippen molar-refractivity contribution in [2.24, 2.45) is 0 Å². The predicted octanol–water partition coefficient (Wildman–Crippen LogP) is 1.28. The summed E-state index contributed by atoms with van der Waals surface area (Å²) in [6.07, 6.45) is 3.89. The van der Waals surface area contributed by atoms with Gasteiger partial charge in [0.25, 0.3) is 0 Å². The van der Waals surface area contributed by atoms with Crippen molar-refractivity contribution in [2.45, 2.75) is 25.9 Å². The molecule has 2 aromatic rings. The molecule has 15 heavy (non-hydrogen) atoms. The van der Waals surface area contributed by atoms with Gasteiger partial charge in [0.1, 0.15) is 5.60 Å². The average molecular weight is 224 g/mol. The number of hydrogen-bond acceptors (Lipinski definition) is 4. The van der Waals surface area contributed by atoms with Crippen molar-refractivity contribution in [3.8, 4) is 0 Å². The smallest absolute Gasteiger partial charge is 0.193 e. The number of fused-ring (bicyclic) bond motifs is 1. The van der Waals surface area contributed by atoms with Crippen molar-refractivity contribution in [2.75, 3.05) is 0 Å². The van der Waals surface area contributed by atoms with Crippen LogP contribution in [0.4, 0.5) is 0 Å². The highest BCUT2D eigenvalue weighted by Gasteiger charge is 2.24. The van der Waals surface area contributed by atoms with Gasteiger partial charge in [-0.15, -0.1) is 11.3 Å². The molecule has 0 atom stereocenters. The van der Waals surface area contributed by atoms with Gasteiger partial charge < -0.3 is 5.11 Å². The second-order valence-electron chi connectivity index (χ2n) is 3.98. The molecule has 0 aromatic carbocycles. The summed E-state index contributed by atoms with van der Waals surface area (Å²) < 4.78 is 1.87. The van der Waals surface area contributed by atoms with Crippen LogP contribution in [0, 0.1) is 0 Å². The molecule has 0 aliphatic carbocycles. The summed E-state index contributed by atoms with van der Waals surface area (Å²) in [6, 6.07) is 0. The zero-order valence-corrected chi connectivity index (χ0v) is 9.41. The molecule has 5 heteroatoms. The third-order valence-electron chi connectivity index (χ3n) is 2.17. The number of Topliss-reactive ketones (excluding diaryl/α,β-unsaturated/α-hetero) is 1. The van der Waals surface area contributed by atoms with Crippen molar-refractivity contribution in [1.29, 1.82) is 0 Å². The Labute approximate surface area is 91.2 Å².